The molecule has 5 heteroatoms. The van der Waals surface area contributed by atoms with Crippen LogP contribution in [-0.2, 0) is 6.42 Å². The largest absolute Gasteiger partial charge is 0.493 e. The molecule has 0 aliphatic carbocycles. The van der Waals surface area contributed by atoms with E-state index in [1.54, 1.807) is 20.3 Å². The molecule has 0 saturated carbocycles. The van der Waals surface area contributed by atoms with Crippen molar-refractivity contribution >= 4 is 5.91 Å². The Morgan fingerprint density at radius 2 is 1.95 bits per heavy atom. The minimum Gasteiger partial charge on any atom is -0.493 e. The number of rotatable bonds is 5. The molecule has 0 spiro atoms. The van der Waals surface area contributed by atoms with E-state index in [0.29, 0.717) is 17.1 Å². The van der Waals surface area contributed by atoms with Gasteiger partial charge in [-0.25, -0.2) is 0 Å². The van der Waals surface area contributed by atoms with Gasteiger partial charge in [0, 0.05) is 12.1 Å². The van der Waals surface area contributed by atoms with Crippen molar-refractivity contribution < 1.29 is 14.3 Å². The van der Waals surface area contributed by atoms with Crippen LogP contribution in [0, 0.1) is 0 Å². The summed E-state index contributed by atoms with van der Waals surface area (Å²) < 4.78 is 10.6. The Labute approximate surface area is 119 Å². The van der Waals surface area contributed by atoms with Crippen LogP contribution in [-0.4, -0.2) is 44.8 Å². The quantitative estimate of drug-likeness (QED) is 0.890. The van der Waals surface area contributed by atoms with Gasteiger partial charge in [-0.1, -0.05) is 6.92 Å². The highest BCUT2D eigenvalue weighted by Crippen LogP contribution is 2.33. The third-order valence-corrected chi connectivity index (χ3v) is 3.82. The Morgan fingerprint density at radius 1 is 1.30 bits per heavy atom. The highest BCUT2D eigenvalue weighted by molar-refractivity contribution is 5.97. The van der Waals surface area contributed by atoms with Gasteiger partial charge in [-0.05, 0) is 37.6 Å². The fourth-order valence-corrected chi connectivity index (χ4v) is 2.70. The van der Waals surface area contributed by atoms with Gasteiger partial charge in [0.15, 0.2) is 11.5 Å². The number of methoxy groups -OCH3 is 2. The molecule has 1 N–H and O–H groups in total. The molecule has 1 aromatic rings. The average Bonchev–Trinajstić information content (AvgIpc) is 2.49. The zero-order valence-electron chi connectivity index (χ0n) is 12.5. The van der Waals surface area contributed by atoms with Crippen molar-refractivity contribution in [3.05, 3.63) is 23.3 Å². The third-order valence-electron chi connectivity index (χ3n) is 3.82. The Bertz CT molecular complexity index is 498. The van der Waals surface area contributed by atoms with Gasteiger partial charge >= 0.3 is 0 Å². The normalized spacial score (nSPS) is 15.8. The SMILES string of the molecule is CCC(NC)N1CCc2cc(OC)c(OC)cc2C1=O. The fourth-order valence-electron chi connectivity index (χ4n) is 2.70. The average molecular weight is 278 g/mol. The van der Waals surface area contributed by atoms with Crippen molar-refractivity contribution in [2.24, 2.45) is 0 Å². The molecule has 0 fully saturated rings. The molecule has 0 radical (unpaired) electrons. The van der Waals surface area contributed by atoms with Gasteiger partial charge < -0.3 is 19.7 Å². The summed E-state index contributed by atoms with van der Waals surface area (Å²) in [6, 6.07) is 3.69. The maximum Gasteiger partial charge on any atom is 0.255 e. The Morgan fingerprint density at radius 3 is 2.50 bits per heavy atom. The minimum absolute atomic E-state index is 0.0494. The summed E-state index contributed by atoms with van der Waals surface area (Å²) in [5.41, 5.74) is 1.73. The standard InChI is InChI=1S/C15H22N2O3/c1-5-14(16-2)17-7-6-10-8-12(19-3)13(20-4)9-11(10)15(17)18/h8-9,14,16H,5-7H2,1-4H3. The molecule has 5 nitrogen and oxygen atoms in total. The summed E-state index contributed by atoms with van der Waals surface area (Å²) in [4.78, 5) is 14.5. The van der Waals surface area contributed by atoms with E-state index >= 15 is 0 Å². The molecule has 0 bridgehead atoms. The molecule has 0 aromatic heterocycles. The predicted octanol–water partition coefficient (Wildman–Crippen LogP) is 1.66. The second-order valence-corrected chi connectivity index (χ2v) is 4.83. The zero-order valence-corrected chi connectivity index (χ0v) is 12.5. The molecule has 20 heavy (non-hydrogen) atoms. The first kappa shape index (κ1) is 14.7. The van der Waals surface area contributed by atoms with Crippen LogP contribution in [0.5, 0.6) is 11.5 Å². The van der Waals surface area contributed by atoms with Crippen LogP contribution in [0.4, 0.5) is 0 Å². The lowest BCUT2D eigenvalue weighted by Gasteiger charge is -2.35. The number of hydrogen-bond donors (Lipinski definition) is 1. The van der Waals surface area contributed by atoms with Crippen LogP contribution >= 0.6 is 0 Å². The summed E-state index contributed by atoms with van der Waals surface area (Å²) in [6.07, 6.45) is 1.79. The fraction of sp³-hybridized carbons (Fsp3) is 0.533. The lowest BCUT2D eigenvalue weighted by Crippen LogP contribution is -2.50. The van der Waals surface area contributed by atoms with Crippen molar-refractivity contribution in [2.75, 3.05) is 27.8 Å². The molecule has 0 saturated heterocycles. The van der Waals surface area contributed by atoms with Gasteiger partial charge in [0.05, 0.1) is 20.4 Å². The van der Waals surface area contributed by atoms with Gasteiger partial charge in [0.2, 0.25) is 0 Å². The molecule has 1 aliphatic heterocycles. The van der Waals surface area contributed by atoms with E-state index in [2.05, 4.69) is 12.2 Å². The van der Waals surface area contributed by atoms with E-state index in [1.165, 1.54) is 0 Å². The smallest absolute Gasteiger partial charge is 0.255 e. The number of benzene rings is 1. The monoisotopic (exact) mass is 278 g/mol. The summed E-state index contributed by atoms with van der Waals surface area (Å²) in [5, 5.41) is 3.18. The van der Waals surface area contributed by atoms with Gasteiger partial charge in [-0.3, -0.25) is 4.79 Å². The number of carbonyl (C=O) groups is 1. The molecular weight excluding hydrogens is 256 g/mol. The third kappa shape index (κ3) is 2.45. The number of carbonyl (C=O) groups excluding carboxylic acids is 1. The lowest BCUT2D eigenvalue weighted by atomic mass is 9.97. The van der Waals surface area contributed by atoms with Crippen molar-refractivity contribution in [3.8, 4) is 11.5 Å². The van der Waals surface area contributed by atoms with E-state index in [4.69, 9.17) is 9.47 Å². The minimum atomic E-state index is 0.0494. The number of amides is 1. The topological polar surface area (TPSA) is 50.8 Å². The molecule has 1 unspecified atom stereocenters. The molecule has 1 amide bonds. The Hall–Kier alpha value is -1.75. The molecule has 1 atom stereocenters. The van der Waals surface area contributed by atoms with Crippen LogP contribution in [0.1, 0.15) is 29.3 Å². The lowest BCUT2D eigenvalue weighted by molar-refractivity contribution is 0.0624. The molecule has 1 heterocycles. The van der Waals surface area contributed by atoms with Crippen LogP contribution in [0.2, 0.25) is 0 Å². The first-order valence-corrected chi connectivity index (χ1v) is 6.89. The number of ether oxygens (including phenoxy) is 2. The molecule has 1 aromatic carbocycles. The van der Waals surface area contributed by atoms with Crippen molar-refractivity contribution in [1.82, 2.24) is 10.2 Å². The highest BCUT2D eigenvalue weighted by Gasteiger charge is 2.29. The van der Waals surface area contributed by atoms with Gasteiger partial charge in [0.25, 0.3) is 5.91 Å². The van der Waals surface area contributed by atoms with Crippen LogP contribution < -0.4 is 14.8 Å². The van der Waals surface area contributed by atoms with Crippen LogP contribution in [0.25, 0.3) is 0 Å². The number of nitrogens with one attached hydrogen (secondary N) is 1. The van der Waals surface area contributed by atoms with Gasteiger partial charge in [0.1, 0.15) is 0 Å². The van der Waals surface area contributed by atoms with E-state index in [-0.39, 0.29) is 12.1 Å². The summed E-state index contributed by atoms with van der Waals surface area (Å²) in [7, 11) is 5.07. The maximum atomic E-state index is 12.6. The molecule has 1 aliphatic rings. The molecular formula is C15H22N2O3. The first-order chi connectivity index (χ1) is 9.65. The van der Waals surface area contributed by atoms with Crippen LogP contribution in [0.15, 0.2) is 12.1 Å². The summed E-state index contributed by atoms with van der Waals surface area (Å²) in [6.45, 7) is 2.79. The second-order valence-electron chi connectivity index (χ2n) is 4.83. The Kier molecular flexibility index (Phi) is 4.49. The van der Waals surface area contributed by atoms with E-state index in [1.807, 2.05) is 18.0 Å². The van der Waals surface area contributed by atoms with Crippen molar-refractivity contribution in [3.63, 3.8) is 0 Å². The van der Waals surface area contributed by atoms with Gasteiger partial charge in [-0.15, -0.1) is 0 Å². The maximum absolute atomic E-state index is 12.6. The van der Waals surface area contributed by atoms with E-state index < -0.39 is 0 Å². The second kappa shape index (κ2) is 6.13. The highest BCUT2D eigenvalue weighted by atomic mass is 16.5. The van der Waals surface area contributed by atoms with E-state index in [9.17, 15) is 4.79 Å². The van der Waals surface area contributed by atoms with Gasteiger partial charge in [-0.2, -0.15) is 0 Å². The summed E-state index contributed by atoms with van der Waals surface area (Å²) in [5.74, 6) is 1.32. The molecule has 2 rings (SSSR count). The van der Waals surface area contributed by atoms with Crippen molar-refractivity contribution in [2.45, 2.75) is 25.9 Å². The number of hydrogen-bond acceptors (Lipinski definition) is 4. The Balaban J connectivity index is 2.38. The molecule has 110 valence electrons. The van der Waals surface area contributed by atoms with Crippen LogP contribution in [0.3, 0.4) is 0 Å². The predicted molar refractivity (Wildman–Crippen MR) is 77.4 cm³/mol. The van der Waals surface area contributed by atoms with Crippen molar-refractivity contribution in [1.29, 1.82) is 0 Å². The number of nitrogens with zero attached hydrogens (tertiary/aromatic N) is 1. The number of fused-ring (bicyclic) bond motifs is 1. The van der Waals surface area contributed by atoms with E-state index in [0.717, 1.165) is 24.9 Å². The summed E-state index contributed by atoms with van der Waals surface area (Å²) >= 11 is 0. The first-order valence-electron chi connectivity index (χ1n) is 6.89. The zero-order chi connectivity index (χ0) is 14.7.